The highest BCUT2D eigenvalue weighted by molar-refractivity contribution is 7.13. The lowest BCUT2D eigenvalue weighted by Gasteiger charge is -2.14. The maximum atomic E-state index is 11.8. The normalized spacial score (nSPS) is 17.9. The van der Waals surface area contributed by atoms with Crippen molar-refractivity contribution in [1.29, 1.82) is 0 Å². The predicted octanol–water partition coefficient (Wildman–Crippen LogP) is 1.08. The highest BCUT2D eigenvalue weighted by Crippen LogP contribution is 2.21. The van der Waals surface area contributed by atoms with Crippen molar-refractivity contribution in [2.45, 2.75) is 12.8 Å². The van der Waals surface area contributed by atoms with E-state index >= 15 is 0 Å². The highest BCUT2D eigenvalue weighted by Gasteiger charge is 2.33. The third-order valence-electron chi connectivity index (χ3n) is 3.51. The molecule has 22 heavy (non-hydrogen) atoms. The Kier molecular flexibility index (Phi) is 4.10. The van der Waals surface area contributed by atoms with E-state index < -0.39 is 11.9 Å². The molecule has 0 unspecified atom stereocenters. The molecule has 0 spiro atoms. The van der Waals surface area contributed by atoms with Crippen LogP contribution >= 0.6 is 11.3 Å². The van der Waals surface area contributed by atoms with Crippen LogP contribution in [-0.2, 0) is 16.0 Å². The van der Waals surface area contributed by atoms with E-state index in [1.807, 2.05) is 5.38 Å². The number of carboxylic acids is 1. The predicted molar refractivity (Wildman–Crippen MR) is 79.2 cm³/mol. The molecule has 114 valence electrons. The molecule has 0 aromatic carbocycles. The molecule has 1 aliphatic heterocycles. The molecule has 1 saturated heterocycles. The molecule has 3 rings (SSSR count). The number of nitrogens with zero attached hydrogens (tertiary/aromatic N) is 4. The summed E-state index contributed by atoms with van der Waals surface area (Å²) in [5, 5.41) is 11.6. The zero-order valence-corrected chi connectivity index (χ0v) is 12.5. The van der Waals surface area contributed by atoms with Crippen LogP contribution in [-0.4, -0.2) is 49.9 Å². The molecule has 0 aliphatic carbocycles. The van der Waals surface area contributed by atoms with Crippen LogP contribution in [0.15, 0.2) is 23.8 Å². The monoisotopic (exact) mass is 318 g/mol. The zero-order valence-electron chi connectivity index (χ0n) is 11.7. The highest BCUT2D eigenvalue weighted by atomic mass is 32.1. The van der Waals surface area contributed by atoms with E-state index in [0.29, 0.717) is 18.8 Å². The Morgan fingerprint density at radius 1 is 1.41 bits per heavy atom. The topological polar surface area (TPSA) is 96.3 Å². The van der Waals surface area contributed by atoms with Crippen LogP contribution in [0.25, 0.3) is 10.8 Å². The molecule has 0 saturated carbocycles. The maximum absolute atomic E-state index is 11.8. The summed E-state index contributed by atoms with van der Waals surface area (Å²) in [5.41, 5.74) is 0.860. The van der Waals surface area contributed by atoms with Crippen molar-refractivity contribution in [3.05, 3.63) is 29.5 Å². The molecule has 1 atom stereocenters. The first-order valence-corrected chi connectivity index (χ1v) is 7.74. The van der Waals surface area contributed by atoms with Gasteiger partial charge >= 0.3 is 5.97 Å². The van der Waals surface area contributed by atoms with Crippen LogP contribution in [0.4, 0.5) is 0 Å². The average Bonchev–Trinajstić information content (AvgIpc) is 3.13. The molecule has 1 amide bonds. The van der Waals surface area contributed by atoms with Gasteiger partial charge in [0.25, 0.3) is 0 Å². The minimum Gasteiger partial charge on any atom is -0.481 e. The zero-order chi connectivity index (χ0) is 15.5. The van der Waals surface area contributed by atoms with Crippen molar-refractivity contribution < 1.29 is 14.7 Å². The molecule has 1 fully saturated rings. The van der Waals surface area contributed by atoms with Crippen LogP contribution < -0.4 is 0 Å². The van der Waals surface area contributed by atoms with Crippen LogP contribution in [0.3, 0.4) is 0 Å². The second kappa shape index (κ2) is 6.18. The summed E-state index contributed by atoms with van der Waals surface area (Å²) >= 11 is 1.46. The van der Waals surface area contributed by atoms with E-state index in [2.05, 4.69) is 15.0 Å². The number of rotatable bonds is 5. The number of amides is 1. The van der Waals surface area contributed by atoms with Crippen molar-refractivity contribution in [2.24, 2.45) is 5.92 Å². The number of likely N-dealkylation sites (tertiary alicyclic amines) is 1. The Morgan fingerprint density at radius 3 is 2.86 bits per heavy atom. The van der Waals surface area contributed by atoms with E-state index in [4.69, 9.17) is 5.11 Å². The van der Waals surface area contributed by atoms with Gasteiger partial charge < -0.3 is 10.0 Å². The molecule has 2 aromatic rings. The van der Waals surface area contributed by atoms with Gasteiger partial charge in [0.05, 0.1) is 11.6 Å². The van der Waals surface area contributed by atoms with E-state index in [0.717, 1.165) is 10.7 Å². The summed E-state index contributed by atoms with van der Waals surface area (Å²) in [6, 6.07) is 1.75. The molecule has 0 bridgehead atoms. The first kappa shape index (κ1) is 14.6. The summed E-state index contributed by atoms with van der Waals surface area (Å²) in [5.74, 6) is -1.01. The number of thiazole rings is 1. The first-order valence-electron chi connectivity index (χ1n) is 6.86. The Hall–Kier alpha value is -2.35. The minimum atomic E-state index is -0.909. The van der Waals surface area contributed by atoms with Crippen LogP contribution in [0.2, 0.25) is 0 Å². The molecule has 1 aliphatic rings. The van der Waals surface area contributed by atoms with Gasteiger partial charge in [-0.2, -0.15) is 0 Å². The number of aliphatic carboxylic acids is 1. The van der Waals surface area contributed by atoms with Gasteiger partial charge in [0, 0.05) is 43.7 Å². The molecule has 7 nitrogen and oxygen atoms in total. The summed E-state index contributed by atoms with van der Waals surface area (Å²) in [6.07, 6.45) is 4.02. The Labute approximate surface area is 130 Å². The number of hydrogen-bond donors (Lipinski definition) is 1. The van der Waals surface area contributed by atoms with E-state index in [1.165, 1.54) is 11.3 Å². The van der Waals surface area contributed by atoms with Gasteiger partial charge in [0.1, 0.15) is 0 Å². The molecule has 1 N–H and O–H groups in total. The summed E-state index contributed by atoms with van der Waals surface area (Å²) < 4.78 is 0. The second-order valence-corrected chi connectivity index (χ2v) is 5.90. The van der Waals surface area contributed by atoms with Gasteiger partial charge in [-0.25, -0.2) is 15.0 Å². The maximum Gasteiger partial charge on any atom is 0.308 e. The second-order valence-electron chi connectivity index (χ2n) is 5.05. The van der Waals surface area contributed by atoms with Crippen LogP contribution in [0, 0.1) is 5.92 Å². The molecular formula is C14H14N4O3S. The fourth-order valence-electron chi connectivity index (χ4n) is 2.34. The smallest absolute Gasteiger partial charge is 0.308 e. The van der Waals surface area contributed by atoms with Gasteiger partial charge in [-0.15, -0.1) is 11.3 Å². The van der Waals surface area contributed by atoms with Gasteiger partial charge in [-0.3, -0.25) is 9.59 Å². The molecular weight excluding hydrogens is 304 g/mol. The lowest BCUT2D eigenvalue weighted by molar-refractivity contribution is -0.141. The third-order valence-corrected chi connectivity index (χ3v) is 4.40. The SMILES string of the molecule is O=C(O)[C@@H]1CC(=O)N(CCc2csc(-c3ncccn3)n2)C1. The lowest BCUT2D eigenvalue weighted by atomic mass is 10.1. The summed E-state index contributed by atoms with van der Waals surface area (Å²) in [7, 11) is 0. The lowest BCUT2D eigenvalue weighted by Crippen LogP contribution is -2.28. The Bertz CT molecular complexity index is 688. The van der Waals surface area contributed by atoms with E-state index in [-0.39, 0.29) is 18.9 Å². The Morgan fingerprint density at radius 2 is 2.18 bits per heavy atom. The van der Waals surface area contributed by atoms with E-state index in [1.54, 1.807) is 23.4 Å². The minimum absolute atomic E-state index is 0.0928. The molecule has 3 heterocycles. The standard InChI is InChI=1S/C14H14N4O3S/c19-11-6-9(14(20)21)7-18(11)5-2-10-8-22-13(17-10)12-15-3-1-4-16-12/h1,3-4,8-9H,2,5-7H2,(H,20,21)/t9-/m1/s1. The summed E-state index contributed by atoms with van der Waals surface area (Å²) in [4.78, 5) is 37.0. The average molecular weight is 318 g/mol. The van der Waals surface area contributed by atoms with Crippen molar-refractivity contribution in [1.82, 2.24) is 19.9 Å². The molecule has 8 heteroatoms. The van der Waals surface area contributed by atoms with Crippen molar-refractivity contribution in [2.75, 3.05) is 13.1 Å². The van der Waals surface area contributed by atoms with Gasteiger partial charge in [-0.05, 0) is 6.07 Å². The number of hydrogen-bond acceptors (Lipinski definition) is 6. The van der Waals surface area contributed by atoms with Gasteiger partial charge in [0.15, 0.2) is 10.8 Å². The van der Waals surface area contributed by atoms with Crippen LogP contribution in [0.1, 0.15) is 12.1 Å². The summed E-state index contributed by atoms with van der Waals surface area (Å²) in [6.45, 7) is 0.772. The fraction of sp³-hybridized carbons (Fsp3) is 0.357. The van der Waals surface area contributed by atoms with Crippen molar-refractivity contribution in [3.63, 3.8) is 0 Å². The van der Waals surface area contributed by atoms with Gasteiger partial charge in [-0.1, -0.05) is 0 Å². The number of carbonyl (C=O) groups is 2. The fourth-order valence-corrected chi connectivity index (χ4v) is 3.14. The van der Waals surface area contributed by atoms with Crippen molar-refractivity contribution >= 4 is 23.2 Å². The third kappa shape index (κ3) is 3.11. The quantitative estimate of drug-likeness (QED) is 0.886. The molecule has 0 radical (unpaired) electrons. The number of aromatic nitrogens is 3. The Balaban J connectivity index is 1.60. The van der Waals surface area contributed by atoms with E-state index in [9.17, 15) is 9.59 Å². The van der Waals surface area contributed by atoms with Gasteiger partial charge in [0.2, 0.25) is 5.91 Å². The first-order chi connectivity index (χ1) is 10.6. The number of carboxylic acid groups (broad SMARTS) is 1. The van der Waals surface area contributed by atoms with Crippen LogP contribution in [0.5, 0.6) is 0 Å². The molecule has 2 aromatic heterocycles. The largest absolute Gasteiger partial charge is 0.481 e. The number of carbonyl (C=O) groups excluding carboxylic acids is 1. The van der Waals surface area contributed by atoms with Crippen molar-refractivity contribution in [3.8, 4) is 10.8 Å².